The second-order valence-corrected chi connectivity index (χ2v) is 4.78. The Balaban J connectivity index is 2.37. The summed E-state index contributed by atoms with van der Waals surface area (Å²) >= 11 is 1.56. The summed E-state index contributed by atoms with van der Waals surface area (Å²) in [5, 5.41) is 9.57. The van der Waals surface area contributed by atoms with E-state index in [1.807, 2.05) is 13.8 Å². The van der Waals surface area contributed by atoms with Crippen molar-refractivity contribution in [3.8, 4) is 0 Å². The number of hydrogen-bond acceptors (Lipinski definition) is 5. The number of aromatic nitrogens is 1. The molecule has 0 saturated carbocycles. The van der Waals surface area contributed by atoms with E-state index in [2.05, 4.69) is 4.98 Å². The van der Waals surface area contributed by atoms with E-state index in [-0.39, 0.29) is 11.9 Å². The number of pyridine rings is 1. The Morgan fingerprint density at radius 1 is 1.37 bits per heavy atom. The molecule has 0 atom stereocenters. The summed E-state index contributed by atoms with van der Waals surface area (Å²) in [6, 6.07) is 3.27. The summed E-state index contributed by atoms with van der Waals surface area (Å²) in [6.07, 6.45) is 1.96. The Labute approximate surface area is 117 Å². The molecular weight excluding hydrogens is 266 g/mol. The fourth-order valence-corrected chi connectivity index (χ4v) is 2.25. The Hall–Kier alpha value is -1.11. The standard InChI is InChI=1S/C13H19NO4S/c1-3-17-12(18-4-2)7-8-19-11-6-5-10(9-14-11)13(15)16/h5-6,9,12H,3-4,7-8H2,1-2H3,(H,15,16). The molecule has 6 heteroatoms. The van der Waals surface area contributed by atoms with Gasteiger partial charge in [0.05, 0.1) is 10.6 Å². The van der Waals surface area contributed by atoms with E-state index in [0.717, 1.165) is 17.2 Å². The summed E-state index contributed by atoms with van der Waals surface area (Å²) in [5.74, 6) is -0.152. The van der Waals surface area contributed by atoms with Gasteiger partial charge < -0.3 is 14.6 Å². The molecule has 5 nitrogen and oxygen atoms in total. The van der Waals surface area contributed by atoms with Crippen LogP contribution in [-0.4, -0.2) is 41.3 Å². The van der Waals surface area contributed by atoms with Gasteiger partial charge in [-0.15, -0.1) is 11.8 Å². The summed E-state index contributed by atoms with van der Waals surface area (Å²) in [7, 11) is 0. The molecule has 0 radical (unpaired) electrons. The quantitative estimate of drug-likeness (QED) is 0.555. The number of rotatable bonds is 9. The number of aromatic carboxylic acids is 1. The number of carboxylic acid groups (broad SMARTS) is 1. The van der Waals surface area contributed by atoms with Crippen molar-refractivity contribution >= 4 is 17.7 Å². The Kier molecular flexibility index (Phi) is 7.47. The zero-order valence-corrected chi connectivity index (χ0v) is 12.0. The summed E-state index contributed by atoms with van der Waals surface area (Å²) in [6.45, 7) is 5.12. The average Bonchev–Trinajstić information content (AvgIpc) is 2.40. The first-order chi connectivity index (χ1) is 9.17. The maximum absolute atomic E-state index is 10.7. The third-order valence-corrected chi connectivity index (χ3v) is 3.27. The van der Waals surface area contributed by atoms with Gasteiger partial charge in [0, 0.05) is 31.6 Å². The average molecular weight is 285 g/mol. The Bertz CT molecular complexity index is 377. The highest BCUT2D eigenvalue weighted by Crippen LogP contribution is 2.18. The molecule has 0 amide bonds. The second kappa shape index (κ2) is 8.90. The van der Waals surface area contributed by atoms with Crippen LogP contribution in [0.1, 0.15) is 30.6 Å². The van der Waals surface area contributed by atoms with E-state index in [4.69, 9.17) is 14.6 Å². The monoisotopic (exact) mass is 285 g/mol. The SMILES string of the molecule is CCOC(CCSc1ccc(C(=O)O)cn1)OCC. The molecule has 1 aromatic heterocycles. The third kappa shape index (κ3) is 6.04. The molecule has 19 heavy (non-hydrogen) atoms. The molecule has 0 unspecified atom stereocenters. The normalized spacial score (nSPS) is 10.9. The van der Waals surface area contributed by atoms with E-state index >= 15 is 0 Å². The number of carbonyl (C=O) groups is 1. The van der Waals surface area contributed by atoms with E-state index < -0.39 is 5.97 Å². The van der Waals surface area contributed by atoms with E-state index in [9.17, 15) is 4.79 Å². The van der Waals surface area contributed by atoms with Crippen LogP contribution in [0.3, 0.4) is 0 Å². The van der Waals surface area contributed by atoms with Gasteiger partial charge in [-0.05, 0) is 26.0 Å². The summed E-state index contributed by atoms with van der Waals surface area (Å²) in [5.41, 5.74) is 0.200. The number of hydrogen-bond donors (Lipinski definition) is 1. The van der Waals surface area contributed by atoms with Crippen molar-refractivity contribution in [3.05, 3.63) is 23.9 Å². The zero-order chi connectivity index (χ0) is 14.1. The van der Waals surface area contributed by atoms with Crippen LogP contribution in [0, 0.1) is 0 Å². The van der Waals surface area contributed by atoms with Crippen molar-refractivity contribution in [3.63, 3.8) is 0 Å². The summed E-state index contributed by atoms with van der Waals surface area (Å²) < 4.78 is 10.9. The first kappa shape index (κ1) is 15.9. The van der Waals surface area contributed by atoms with E-state index in [0.29, 0.717) is 13.2 Å². The van der Waals surface area contributed by atoms with Gasteiger partial charge in [0.2, 0.25) is 0 Å². The van der Waals surface area contributed by atoms with E-state index in [1.165, 1.54) is 6.20 Å². The van der Waals surface area contributed by atoms with Crippen LogP contribution in [0.25, 0.3) is 0 Å². The maximum atomic E-state index is 10.7. The van der Waals surface area contributed by atoms with Gasteiger partial charge in [-0.25, -0.2) is 9.78 Å². The van der Waals surface area contributed by atoms with Gasteiger partial charge in [0.25, 0.3) is 0 Å². The van der Waals surface area contributed by atoms with Crippen molar-refractivity contribution in [1.82, 2.24) is 4.98 Å². The van der Waals surface area contributed by atoms with Crippen LogP contribution >= 0.6 is 11.8 Å². The molecular formula is C13H19NO4S. The van der Waals surface area contributed by atoms with Gasteiger partial charge in [0.1, 0.15) is 0 Å². The first-order valence-corrected chi connectivity index (χ1v) is 7.21. The number of carboxylic acids is 1. The molecule has 0 fully saturated rings. The molecule has 0 aromatic carbocycles. The molecule has 0 aliphatic rings. The van der Waals surface area contributed by atoms with Crippen LogP contribution in [-0.2, 0) is 9.47 Å². The Morgan fingerprint density at radius 2 is 2.05 bits per heavy atom. The number of ether oxygens (including phenoxy) is 2. The van der Waals surface area contributed by atoms with Crippen molar-refractivity contribution < 1.29 is 19.4 Å². The minimum Gasteiger partial charge on any atom is -0.478 e. The smallest absolute Gasteiger partial charge is 0.337 e. The van der Waals surface area contributed by atoms with Gasteiger partial charge in [-0.1, -0.05) is 0 Å². The minimum atomic E-state index is -0.961. The fourth-order valence-electron chi connectivity index (χ4n) is 1.44. The van der Waals surface area contributed by atoms with Crippen LogP contribution in [0.5, 0.6) is 0 Å². The highest BCUT2D eigenvalue weighted by Gasteiger charge is 2.08. The zero-order valence-electron chi connectivity index (χ0n) is 11.2. The lowest BCUT2D eigenvalue weighted by molar-refractivity contribution is -0.136. The fraction of sp³-hybridized carbons (Fsp3) is 0.538. The third-order valence-electron chi connectivity index (χ3n) is 2.29. The largest absolute Gasteiger partial charge is 0.478 e. The second-order valence-electron chi connectivity index (χ2n) is 3.67. The van der Waals surface area contributed by atoms with Crippen LogP contribution in [0.15, 0.2) is 23.4 Å². The van der Waals surface area contributed by atoms with E-state index in [1.54, 1.807) is 23.9 Å². The van der Waals surface area contributed by atoms with Crippen LogP contribution < -0.4 is 0 Å². The van der Waals surface area contributed by atoms with Gasteiger partial charge in [-0.3, -0.25) is 0 Å². The van der Waals surface area contributed by atoms with Gasteiger partial charge in [-0.2, -0.15) is 0 Å². The predicted octanol–water partition coefficient (Wildman–Crippen LogP) is 2.66. The lowest BCUT2D eigenvalue weighted by Gasteiger charge is -2.16. The maximum Gasteiger partial charge on any atom is 0.337 e. The molecule has 0 bridgehead atoms. The van der Waals surface area contributed by atoms with Crippen LogP contribution in [0.2, 0.25) is 0 Å². The lowest BCUT2D eigenvalue weighted by atomic mass is 10.3. The highest BCUT2D eigenvalue weighted by atomic mass is 32.2. The topological polar surface area (TPSA) is 68.7 Å². The molecule has 0 saturated heterocycles. The molecule has 106 valence electrons. The van der Waals surface area contributed by atoms with Crippen molar-refractivity contribution in [2.24, 2.45) is 0 Å². The Morgan fingerprint density at radius 3 is 2.53 bits per heavy atom. The molecule has 1 heterocycles. The molecule has 1 aromatic rings. The lowest BCUT2D eigenvalue weighted by Crippen LogP contribution is -2.18. The molecule has 0 aliphatic heterocycles. The highest BCUT2D eigenvalue weighted by molar-refractivity contribution is 7.99. The molecule has 0 spiro atoms. The van der Waals surface area contributed by atoms with Crippen LogP contribution in [0.4, 0.5) is 0 Å². The number of thioether (sulfide) groups is 1. The molecule has 1 N–H and O–H groups in total. The van der Waals surface area contributed by atoms with Crippen molar-refractivity contribution in [1.29, 1.82) is 0 Å². The minimum absolute atomic E-state index is 0.180. The molecule has 1 rings (SSSR count). The van der Waals surface area contributed by atoms with Gasteiger partial charge in [0.15, 0.2) is 6.29 Å². The summed E-state index contributed by atoms with van der Waals surface area (Å²) in [4.78, 5) is 14.8. The van der Waals surface area contributed by atoms with Crippen molar-refractivity contribution in [2.75, 3.05) is 19.0 Å². The molecule has 0 aliphatic carbocycles. The number of nitrogens with zero attached hydrogens (tertiary/aromatic N) is 1. The predicted molar refractivity (Wildman–Crippen MR) is 73.6 cm³/mol. The van der Waals surface area contributed by atoms with Gasteiger partial charge >= 0.3 is 5.97 Å². The van der Waals surface area contributed by atoms with Crippen molar-refractivity contribution in [2.45, 2.75) is 31.6 Å². The first-order valence-electron chi connectivity index (χ1n) is 6.22.